The number of rotatable bonds is 5. The van der Waals surface area contributed by atoms with Crippen LogP contribution in [0.15, 0.2) is 45.7 Å². The molecule has 1 heterocycles. The minimum absolute atomic E-state index is 0.0492. The Morgan fingerprint density at radius 2 is 2.14 bits per heavy atom. The molecule has 1 aromatic heterocycles. The first-order valence-corrected chi connectivity index (χ1v) is 6.85. The van der Waals surface area contributed by atoms with Gasteiger partial charge in [0.15, 0.2) is 4.67 Å². The monoisotopic (exact) mass is 359 g/mol. The maximum Gasteiger partial charge on any atom is 0.387 e. The van der Waals surface area contributed by atoms with Gasteiger partial charge in [-0.05, 0) is 46.6 Å². The van der Waals surface area contributed by atoms with Gasteiger partial charge in [0.2, 0.25) is 0 Å². The second kappa shape index (κ2) is 6.71. The van der Waals surface area contributed by atoms with E-state index in [2.05, 4.69) is 26.0 Å². The molecule has 0 aliphatic rings. The Kier molecular flexibility index (Phi) is 4.95. The van der Waals surface area contributed by atoms with Crippen molar-refractivity contribution >= 4 is 21.8 Å². The van der Waals surface area contributed by atoms with Crippen LogP contribution in [0.1, 0.15) is 28.9 Å². The third kappa shape index (κ3) is 4.04. The second-order valence-corrected chi connectivity index (χ2v) is 4.97. The summed E-state index contributed by atoms with van der Waals surface area (Å²) in [5.74, 6) is -0.281. The van der Waals surface area contributed by atoms with Crippen molar-refractivity contribution in [3.05, 3.63) is 52.4 Å². The number of benzene rings is 1. The maximum absolute atomic E-state index is 12.2. The average molecular weight is 360 g/mol. The Hall–Kier alpha value is -1.89. The lowest BCUT2D eigenvalue weighted by Crippen LogP contribution is -2.26. The molecule has 2 aromatic rings. The molecule has 0 bridgehead atoms. The summed E-state index contributed by atoms with van der Waals surface area (Å²) in [6, 6.07) is 7.35. The molecule has 7 heteroatoms. The van der Waals surface area contributed by atoms with Crippen LogP contribution >= 0.6 is 15.9 Å². The molecule has 0 saturated carbocycles. The summed E-state index contributed by atoms with van der Waals surface area (Å²) in [6.07, 6.45) is 1.39. The van der Waals surface area contributed by atoms with Crippen molar-refractivity contribution in [3.8, 4) is 5.75 Å². The van der Waals surface area contributed by atoms with Crippen molar-refractivity contribution in [1.82, 2.24) is 5.32 Å². The van der Waals surface area contributed by atoms with E-state index in [1.165, 1.54) is 24.5 Å². The highest BCUT2D eigenvalue weighted by molar-refractivity contribution is 9.10. The lowest BCUT2D eigenvalue weighted by Gasteiger charge is -2.15. The molecule has 1 atom stereocenters. The fraction of sp³-hybridized carbons (Fsp3) is 0.214. The van der Waals surface area contributed by atoms with Crippen LogP contribution in [0.25, 0.3) is 0 Å². The van der Waals surface area contributed by atoms with Gasteiger partial charge in [-0.25, -0.2) is 0 Å². The van der Waals surface area contributed by atoms with E-state index in [9.17, 15) is 13.6 Å². The van der Waals surface area contributed by atoms with E-state index in [4.69, 9.17) is 4.42 Å². The van der Waals surface area contributed by atoms with E-state index >= 15 is 0 Å². The molecule has 0 aliphatic heterocycles. The molecule has 0 fully saturated rings. The van der Waals surface area contributed by atoms with Crippen molar-refractivity contribution in [1.29, 1.82) is 0 Å². The number of furan rings is 1. The van der Waals surface area contributed by atoms with Gasteiger partial charge < -0.3 is 14.5 Å². The Labute approximate surface area is 128 Å². The zero-order valence-electron chi connectivity index (χ0n) is 11.0. The maximum atomic E-state index is 12.2. The highest BCUT2D eigenvalue weighted by Crippen LogP contribution is 2.22. The van der Waals surface area contributed by atoms with Crippen LogP contribution in [0, 0.1) is 0 Å². The van der Waals surface area contributed by atoms with Gasteiger partial charge >= 0.3 is 6.61 Å². The van der Waals surface area contributed by atoms with Crippen LogP contribution in [-0.4, -0.2) is 12.5 Å². The molecule has 21 heavy (non-hydrogen) atoms. The summed E-state index contributed by atoms with van der Waals surface area (Å²) < 4.78 is 34.0. The van der Waals surface area contributed by atoms with E-state index in [0.29, 0.717) is 15.8 Å². The molecular formula is C14H12BrF2NO3. The fourth-order valence-corrected chi connectivity index (χ4v) is 2.19. The Morgan fingerprint density at radius 1 is 1.38 bits per heavy atom. The molecule has 0 spiro atoms. The highest BCUT2D eigenvalue weighted by Gasteiger charge is 2.16. The van der Waals surface area contributed by atoms with E-state index < -0.39 is 6.61 Å². The van der Waals surface area contributed by atoms with Crippen molar-refractivity contribution in [3.63, 3.8) is 0 Å². The summed E-state index contributed by atoms with van der Waals surface area (Å²) in [7, 11) is 0. The summed E-state index contributed by atoms with van der Waals surface area (Å²) >= 11 is 3.12. The normalized spacial score (nSPS) is 12.2. The molecule has 1 unspecified atom stereocenters. The minimum atomic E-state index is -2.88. The summed E-state index contributed by atoms with van der Waals surface area (Å²) in [5.41, 5.74) is 1.02. The van der Waals surface area contributed by atoms with Crippen molar-refractivity contribution < 1.29 is 22.7 Å². The topological polar surface area (TPSA) is 51.5 Å². The number of nitrogens with one attached hydrogen (secondary N) is 1. The number of alkyl halides is 2. The number of carbonyl (C=O) groups is 1. The van der Waals surface area contributed by atoms with Gasteiger partial charge in [-0.15, -0.1) is 0 Å². The second-order valence-electron chi connectivity index (χ2n) is 4.25. The predicted octanol–water partition coefficient (Wildman–Crippen LogP) is 4.13. The number of halogens is 3. The molecule has 0 radical (unpaired) electrons. The number of hydrogen-bond acceptors (Lipinski definition) is 3. The first-order valence-electron chi connectivity index (χ1n) is 6.06. The summed E-state index contributed by atoms with van der Waals surface area (Å²) in [6.45, 7) is -1.14. The van der Waals surface area contributed by atoms with Gasteiger partial charge in [0.25, 0.3) is 5.91 Å². The predicted molar refractivity (Wildman–Crippen MR) is 75.4 cm³/mol. The number of hydrogen-bond donors (Lipinski definition) is 1. The van der Waals surface area contributed by atoms with Gasteiger partial charge in [-0.1, -0.05) is 12.1 Å². The summed E-state index contributed by atoms with van der Waals surface area (Å²) in [4.78, 5) is 12.0. The SMILES string of the molecule is CC(NC(=O)c1ccoc1Br)c1cccc(OC(F)F)c1. The van der Waals surface area contributed by atoms with E-state index in [1.807, 2.05) is 0 Å². The van der Waals surface area contributed by atoms with E-state index in [0.717, 1.165) is 0 Å². The quantitative estimate of drug-likeness (QED) is 0.872. The minimum Gasteiger partial charge on any atom is -0.457 e. The van der Waals surface area contributed by atoms with E-state index in [-0.39, 0.29) is 17.7 Å². The van der Waals surface area contributed by atoms with Crippen LogP contribution in [0.3, 0.4) is 0 Å². The molecular weight excluding hydrogens is 348 g/mol. The summed E-state index contributed by atoms with van der Waals surface area (Å²) in [5, 5.41) is 2.75. The van der Waals surface area contributed by atoms with Crippen LogP contribution in [0.5, 0.6) is 5.75 Å². The Bertz CT molecular complexity index is 630. The van der Waals surface area contributed by atoms with Crippen LogP contribution in [-0.2, 0) is 0 Å². The van der Waals surface area contributed by atoms with Gasteiger partial charge in [0.1, 0.15) is 5.75 Å². The zero-order chi connectivity index (χ0) is 15.4. The van der Waals surface area contributed by atoms with Crippen molar-refractivity contribution in [2.45, 2.75) is 19.6 Å². The number of carbonyl (C=O) groups excluding carboxylic acids is 1. The standard InChI is InChI=1S/C14H12BrF2NO3/c1-8(18-13(19)11-5-6-20-12(11)15)9-3-2-4-10(7-9)21-14(16)17/h2-8,14H,1H3,(H,18,19). The van der Waals surface area contributed by atoms with Gasteiger partial charge in [-0.3, -0.25) is 4.79 Å². The number of ether oxygens (including phenoxy) is 1. The molecule has 1 N–H and O–H groups in total. The molecule has 1 aromatic carbocycles. The third-order valence-corrected chi connectivity index (χ3v) is 3.41. The lowest BCUT2D eigenvalue weighted by molar-refractivity contribution is -0.0499. The highest BCUT2D eigenvalue weighted by atomic mass is 79.9. The van der Waals surface area contributed by atoms with Gasteiger partial charge in [0.05, 0.1) is 17.9 Å². The number of amides is 1. The average Bonchev–Trinajstić information content (AvgIpc) is 2.84. The molecule has 2 rings (SSSR count). The Morgan fingerprint density at radius 3 is 2.76 bits per heavy atom. The Balaban J connectivity index is 2.08. The van der Waals surface area contributed by atoms with Crippen LogP contribution in [0.2, 0.25) is 0 Å². The van der Waals surface area contributed by atoms with Gasteiger partial charge in [0, 0.05) is 0 Å². The van der Waals surface area contributed by atoms with Crippen LogP contribution < -0.4 is 10.1 Å². The van der Waals surface area contributed by atoms with Crippen molar-refractivity contribution in [2.24, 2.45) is 0 Å². The van der Waals surface area contributed by atoms with E-state index in [1.54, 1.807) is 19.1 Å². The molecule has 4 nitrogen and oxygen atoms in total. The third-order valence-electron chi connectivity index (χ3n) is 2.79. The van der Waals surface area contributed by atoms with Gasteiger partial charge in [-0.2, -0.15) is 8.78 Å². The largest absolute Gasteiger partial charge is 0.457 e. The lowest BCUT2D eigenvalue weighted by atomic mass is 10.1. The zero-order valence-corrected chi connectivity index (χ0v) is 12.6. The first-order chi connectivity index (χ1) is 9.97. The van der Waals surface area contributed by atoms with Crippen LogP contribution in [0.4, 0.5) is 8.78 Å². The molecule has 0 aliphatic carbocycles. The van der Waals surface area contributed by atoms with Crippen molar-refractivity contribution in [2.75, 3.05) is 0 Å². The fourth-order valence-electron chi connectivity index (χ4n) is 1.77. The smallest absolute Gasteiger partial charge is 0.387 e. The molecule has 112 valence electrons. The first kappa shape index (κ1) is 15.5. The molecule has 0 saturated heterocycles. The molecule has 1 amide bonds.